The lowest BCUT2D eigenvalue weighted by molar-refractivity contribution is -0.129. The molecule has 0 radical (unpaired) electrons. The minimum Gasteiger partial charge on any atom is -0.440 e. The molecule has 140 valence electrons. The van der Waals surface area contributed by atoms with E-state index in [9.17, 15) is 9.59 Å². The predicted octanol–water partition coefficient (Wildman–Crippen LogP) is 1.97. The Hall–Kier alpha value is -2.22. The van der Waals surface area contributed by atoms with Crippen LogP contribution in [0.5, 0.6) is 0 Å². The molecule has 3 aliphatic rings. The zero-order valence-corrected chi connectivity index (χ0v) is 15.2. The first-order valence-corrected chi connectivity index (χ1v) is 9.18. The Bertz CT molecular complexity index is 732. The summed E-state index contributed by atoms with van der Waals surface area (Å²) < 4.78 is 11.1. The lowest BCUT2D eigenvalue weighted by Gasteiger charge is -2.30. The molecule has 0 bridgehead atoms. The molecule has 1 aromatic heterocycles. The maximum atomic E-state index is 12.5. The van der Waals surface area contributed by atoms with Crippen molar-refractivity contribution >= 4 is 17.8 Å². The third kappa shape index (κ3) is 3.02. The third-order valence-electron chi connectivity index (χ3n) is 5.49. The van der Waals surface area contributed by atoms with Crippen molar-refractivity contribution in [2.24, 2.45) is 0 Å². The van der Waals surface area contributed by atoms with Gasteiger partial charge in [-0.15, -0.1) is 0 Å². The lowest BCUT2D eigenvalue weighted by atomic mass is 9.94. The van der Waals surface area contributed by atoms with E-state index < -0.39 is 5.60 Å². The molecule has 0 N–H and O–H groups in total. The van der Waals surface area contributed by atoms with Crippen LogP contribution >= 0.6 is 0 Å². The molecule has 8 nitrogen and oxygen atoms in total. The van der Waals surface area contributed by atoms with Crippen LogP contribution in [0.2, 0.25) is 0 Å². The summed E-state index contributed by atoms with van der Waals surface area (Å²) in [4.78, 5) is 36.8. The zero-order valence-electron chi connectivity index (χ0n) is 15.2. The Kier molecular flexibility index (Phi) is 4.30. The topological polar surface area (TPSA) is 84.9 Å². The number of aryl methyl sites for hydroxylation is 1. The highest BCUT2D eigenvalue weighted by Crippen LogP contribution is 2.36. The molecule has 26 heavy (non-hydrogen) atoms. The van der Waals surface area contributed by atoms with Crippen LogP contribution in [-0.4, -0.2) is 58.8 Å². The highest BCUT2D eigenvalue weighted by molar-refractivity contribution is 5.89. The van der Waals surface area contributed by atoms with Gasteiger partial charge in [0.2, 0.25) is 5.91 Å². The second-order valence-electron chi connectivity index (χ2n) is 7.32. The van der Waals surface area contributed by atoms with Crippen LogP contribution in [0.1, 0.15) is 50.2 Å². The van der Waals surface area contributed by atoms with Crippen molar-refractivity contribution in [3.63, 3.8) is 0 Å². The van der Waals surface area contributed by atoms with Gasteiger partial charge in [0.05, 0.1) is 31.5 Å². The van der Waals surface area contributed by atoms with E-state index in [2.05, 4.69) is 9.97 Å². The molecule has 3 aliphatic heterocycles. The Morgan fingerprint density at radius 1 is 1.31 bits per heavy atom. The van der Waals surface area contributed by atoms with Crippen LogP contribution < -0.4 is 4.90 Å². The number of carbonyl (C=O) groups is 2. The van der Waals surface area contributed by atoms with Crippen LogP contribution in [-0.2, 0) is 14.3 Å². The molecule has 1 atom stereocenters. The highest BCUT2D eigenvalue weighted by atomic mass is 16.6. The zero-order chi connectivity index (χ0) is 18.3. The fraction of sp³-hybridized carbons (Fsp3) is 0.667. The van der Waals surface area contributed by atoms with Crippen LogP contribution in [0, 0.1) is 6.92 Å². The molecule has 0 aromatic carbocycles. The van der Waals surface area contributed by atoms with Crippen LogP contribution in [0.3, 0.4) is 0 Å². The molecular formula is C18H24N4O4. The maximum absolute atomic E-state index is 12.5. The average molecular weight is 360 g/mol. The first-order valence-electron chi connectivity index (χ1n) is 9.18. The van der Waals surface area contributed by atoms with Crippen LogP contribution in [0.4, 0.5) is 10.6 Å². The van der Waals surface area contributed by atoms with Crippen molar-refractivity contribution in [2.75, 3.05) is 31.2 Å². The second kappa shape index (κ2) is 6.50. The molecule has 1 spiro atoms. The minimum absolute atomic E-state index is 0.0482. The number of likely N-dealkylation sites (tertiary alicyclic amines) is 1. The first-order chi connectivity index (χ1) is 12.5. The van der Waals surface area contributed by atoms with Gasteiger partial charge in [0.15, 0.2) is 0 Å². The summed E-state index contributed by atoms with van der Waals surface area (Å²) in [5.41, 5.74) is 0.313. The van der Waals surface area contributed by atoms with Crippen molar-refractivity contribution in [1.82, 2.24) is 14.9 Å². The fourth-order valence-electron chi connectivity index (χ4n) is 4.14. The fourth-order valence-corrected chi connectivity index (χ4v) is 4.14. The van der Waals surface area contributed by atoms with Crippen LogP contribution in [0.15, 0.2) is 6.07 Å². The second-order valence-corrected chi connectivity index (χ2v) is 7.32. The smallest absolute Gasteiger partial charge is 0.416 e. The van der Waals surface area contributed by atoms with Crippen molar-refractivity contribution in [1.29, 1.82) is 0 Å². The Morgan fingerprint density at radius 2 is 2.08 bits per heavy atom. The van der Waals surface area contributed by atoms with Gasteiger partial charge in [-0.25, -0.2) is 14.8 Å². The number of ether oxygens (including phenoxy) is 2. The molecule has 4 heterocycles. The monoisotopic (exact) mass is 360 g/mol. The molecule has 1 aromatic rings. The largest absolute Gasteiger partial charge is 0.440 e. The number of aromatic nitrogens is 2. The highest BCUT2D eigenvalue weighted by Gasteiger charge is 2.47. The summed E-state index contributed by atoms with van der Waals surface area (Å²) in [5.74, 6) is 1.19. The van der Waals surface area contributed by atoms with Crippen molar-refractivity contribution in [3.8, 4) is 0 Å². The standard InChI is InChI=1S/C18H24N4O4/c1-12-19-14(15-4-3-7-21(15)13(2)23)10-16(20-12)22-11-18(26-17(22)24)5-8-25-9-6-18/h10,15H,3-9,11H2,1-2H3. The quantitative estimate of drug-likeness (QED) is 0.802. The van der Waals surface area contributed by atoms with Gasteiger partial charge in [-0.05, 0) is 19.8 Å². The Balaban J connectivity index is 1.62. The summed E-state index contributed by atoms with van der Waals surface area (Å²) in [7, 11) is 0. The molecule has 8 heteroatoms. The summed E-state index contributed by atoms with van der Waals surface area (Å²) >= 11 is 0. The maximum Gasteiger partial charge on any atom is 0.416 e. The van der Waals surface area contributed by atoms with Gasteiger partial charge in [-0.1, -0.05) is 0 Å². The number of nitrogens with zero attached hydrogens (tertiary/aromatic N) is 4. The summed E-state index contributed by atoms with van der Waals surface area (Å²) in [5, 5.41) is 0. The van der Waals surface area contributed by atoms with E-state index in [1.807, 2.05) is 17.9 Å². The van der Waals surface area contributed by atoms with Gasteiger partial charge in [-0.3, -0.25) is 9.69 Å². The van der Waals surface area contributed by atoms with Gasteiger partial charge >= 0.3 is 6.09 Å². The number of carbonyl (C=O) groups excluding carboxylic acids is 2. The number of rotatable bonds is 2. The SMILES string of the molecule is CC(=O)N1CCCC1c1cc(N2CC3(CCOCC3)OC2=O)nc(C)n1. The Morgan fingerprint density at radius 3 is 2.81 bits per heavy atom. The third-order valence-corrected chi connectivity index (χ3v) is 5.49. The van der Waals surface area contributed by atoms with Gasteiger partial charge < -0.3 is 14.4 Å². The van der Waals surface area contributed by atoms with Gasteiger partial charge in [0.1, 0.15) is 17.2 Å². The average Bonchev–Trinajstić information content (AvgIpc) is 3.20. The molecule has 0 saturated carbocycles. The number of hydrogen-bond acceptors (Lipinski definition) is 6. The van der Waals surface area contributed by atoms with Crippen LogP contribution in [0.25, 0.3) is 0 Å². The molecule has 0 aliphatic carbocycles. The van der Waals surface area contributed by atoms with Gasteiger partial charge in [-0.2, -0.15) is 0 Å². The molecule has 1 unspecified atom stereocenters. The normalized spacial score (nSPS) is 25.0. The summed E-state index contributed by atoms with van der Waals surface area (Å²) in [6.07, 6.45) is 2.86. The summed E-state index contributed by atoms with van der Waals surface area (Å²) in [6.45, 7) is 5.82. The van der Waals surface area contributed by atoms with E-state index in [0.29, 0.717) is 44.2 Å². The minimum atomic E-state index is -0.479. The van der Waals surface area contributed by atoms with E-state index in [-0.39, 0.29) is 18.0 Å². The van der Waals surface area contributed by atoms with Crippen molar-refractivity contribution in [3.05, 3.63) is 17.6 Å². The lowest BCUT2D eigenvalue weighted by Crippen LogP contribution is -2.40. The van der Waals surface area contributed by atoms with Gasteiger partial charge in [0, 0.05) is 32.4 Å². The molecule has 3 saturated heterocycles. The molecular weight excluding hydrogens is 336 g/mol. The number of hydrogen-bond donors (Lipinski definition) is 0. The van der Waals surface area contributed by atoms with Gasteiger partial charge in [0.25, 0.3) is 0 Å². The molecule has 4 rings (SSSR count). The Labute approximate surface area is 152 Å². The summed E-state index contributed by atoms with van der Waals surface area (Å²) in [6, 6.07) is 1.78. The molecule has 2 amide bonds. The van der Waals surface area contributed by atoms with E-state index in [1.54, 1.807) is 11.8 Å². The van der Waals surface area contributed by atoms with E-state index in [4.69, 9.17) is 9.47 Å². The number of amides is 2. The van der Waals surface area contributed by atoms with E-state index in [1.165, 1.54) is 0 Å². The van der Waals surface area contributed by atoms with E-state index >= 15 is 0 Å². The van der Waals surface area contributed by atoms with E-state index in [0.717, 1.165) is 25.1 Å². The van der Waals surface area contributed by atoms with Crippen molar-refractivity contribution in [2.45, 2.75) is 51.2 Å². The predicted molar refractivity (Wildman–Crippen MR) is 92.7 cm³/mol. The molecule has 3 fully saturated rings. The van der Waals surface area contributed by atoms with Crippen molar-refractivity contribution < 1.29 is 19.1 Å². The first kappa shape index (κ1) is 17.2. The number of anilines is 1.